The van der Waals surface area contributed by atoms with Crippen LogP contribution in [0.25, 0.3) is 6.08 Å². The summed E-state index contributed by atoms with van der Waals surface area (Å²) < 4.78 is 0. The molecule has 3 rings (SSSR count). The number of fused-ring (bicyclic) bond motifs is 1. The Kier molecular flexibility index (Phi) is 3.59. The number of amides is 1. The highest BCUT2D eigenvalue weighted by Crippen LogP contribution is 2.18. The maximum Gasteiger partial charge on any atom is 0.246 e. The van der Waals surface area contributed by atoms with Crippen LogP contribution in [0.15, 0.2) is 54.9 Å². The molecule has 3 nitrogen and oxygen atoms in total. The summed E-state index contributed by atoms with van der Waals surface area (Å²) in [5, 5.41) is 0. The Labute approximate surface area is 118 Å². The van der Waals surface area contributed by atoms with Crippen molar-refractivity contribution >= 4 is 12.0 Å². The van der Waals surface area contributed by atoms with Gasteiger partial charge in [0, 0.05) is 31.6 Å². The third kappa shape index (κ3) is 2.77. The number of aromatic nitrogens is 1. The number of nitrogens with zero attached hydrogens (tertiary/aromatic N) is 2. The molecule has 0 atom stereocenters. The first-order chi connectivity index (χ1) is 9.83. The zero-order valence-corrected chi connectivity index (χ0v) is 11.2. The van der Waals surface area contributed by atoms with Crippen LogP contribution in [0.5, 0.6) is 0 Å². The second-order valence-corrected chi connectivity index (χ2v) is 4.89. The predicted octanol–water partition coefficient (Wildman–Crippen LogP) is 2.68. The van der Waals surface area contributed by atoms with Crippen LogP contribution in [0.2, 0.25) is 0 Å². The highest BCUT2D eigenvalue weighted by molar-refractivity contribution is 5.91. The number of pyridine rings is 1. The summed E-state index contributed by atoms with van der Waals surface area (Å²) in [5.74, 6) is 0.0660. The molecule has 2 aromatic rings. The van der Waals surface area contributed by atoms with Gasteiger partial charge in [-0.25, -0.2) is 0 Å². The molecule has 20 heavy (non-hydrogen) atoms. The van der Waals surface area contributed by atoms with E-state index in [2.05, 4.69) is 23.2 Å². The van der Waals surface area contributed by atoms with Gasteiger partial charge in [0.1, 0.15) is 0 Å². The van der Waals surface area contributed by atoms with E-state index in [1.165, 1.54) is 11.1 Å². The van der Waals surface area contributed by atoms with Crippen LogP contribution in [0.1, 0.15) is 16.7 Å². The Balaban J connectivity index is 1.69. The van der Waals surface area contributed by atoms with Gasteiger partial charge in [-0.2, -0.15) is 0 Å². The van der Waals surface area contributed by atoms with Crippen molar-refractivity contribution in [2.45, 2.75) is 13.0 Å². The Hall–Kier alpha value is -2.42. The zero-order valence-electron chi connectivity index (χ0n) is 11.2. The zero-order chi connectivity index (χ0) is 13.8. The molecule has 0 aliphatic carbocycles. The third-order valence-corrected chi connectivity index (χ3v) is 3.57. The summed E-state index contributed by atoms with van der Waals surface area (Å²) >= 11 is 0. The van der Waals surface area contributed by atoms with E-state index in [4.69, 9.17) is 0 Å². The average Bonchev–Trinajstić information content (AvgIpc) is 2.53. The lowest BCUT2D eigenvalue weighted by molar-refractivity contribution is -0.126. The molecule has 0 saturated carbocycles. The lowest BCUT2D eigenvalue weighted by Gasteiger charge is -2.27. The van der Waals surface area contributed by atoms with Gasteiger partial charge < -0.3 is 4.90 Å². The fourth-order valence-electron chi connectivity index (χ4n) is 2.43. The van der Waals surface area contributed by atoms with Crippen LogP contribution >= 0.6 is 0 Å². The minimum Gasteiger partial charge on any atom is -0.334 e. The van der Waals surface area contributed by atoms with E-state index in [0.717, 1.165) is 18.5 Å². The fourth-order valence-corrected chi connectivity index (χ4v) is 2.43. The van der Waals surface area contributed by atoms with Gasteiger partial charge in [0.05, 0.1) is 0 Å². The molecule has 1 aromatic carbocycles. The predicted molar refractivity (Wildman–Crippen MR) is 78.8 cm³/mol. The Morgan fingerprint density at radius 2 is 1.85 bits per heavy atom. The Morgan fingerprint density at radius 1 is 1.10 bits per heavy atom. The molecule has 0 spiro atoms. The summed E-state index contributed by atoms with van der Waals surface area (Å²) in [7, 11) is 0. The maximum atomic E-state index is 12.2. The molecule has 0 bridgehead atoms. The van der Waals surface area contributed by atoms with E-state index in [1.807, 2.05) is 29.2 Å². The minimum absolute atomic E-state index is 0.0660. The lowest BCUT2D eigenvalue weighted by atomic mass is 10.00. The molecular formula is C17H16N2O. The molecule has 1 aliphatic heterocycles. The van der Waals surface area contributed by atoms with Crippen LogP contribution in [0.4, 0.5) is 0 Å². The van der Waals surface area contributed by atoms with Gasteiger partial charge in [-0.1, -0.05) is 24.3 Å². The first-order valence-corrected chi connectivity index (χ1v) is 6.77. The summed E-state index contributed by atoms with van der Waals surface area (Å²) in [6, 6.07) is 12.1. The highest BCUT2D eigenvalue weighted by Gasteiger charge is 2.18. The van der Waals surface area contributed by atoms with E-state index >= 15 is 0 Å². The van der Waals surface area contributed by atoms with Gasteiger partial charge in [0.25, 0.3) is 0 Å². The van der Waals surface area contributed by atoms with Crippen LogP contribution in [0, 0.1) is 0 Å². The summed E-state index contributed by atoms with van der Waals surface area (Å²) in [6.45, 7) is 1.49. The third-order valence-electron chi connectivity index (χ3n) is 3.57. The average molecular weight is 264 g/mol. The van der Waals surface area contributed by atoms with Crippen molar-refractivity contribution in [1.82, 2.24) is 9.88 Å². The molecule has 1 amide bonds. The summed E-state index contributed by atoms with van der Waals surface area (Å²) in [5.41, 5.74) is 3.60. The molecule has 0 radical (unpaired) electrons. The van der Waals surface area contributed by atoms with Crippen molar-refractivity contribution in [3.05, 3.63) is 71.6 Å². The molecule has 0 N–H and O–H groups in total. The van der Waals surface area contributed by atoms with Crippen molar-refractivity contribution < 1.29 is 4.79 Å². The van der Waals surface area contributed by atoms with Crippen molar-refractivity contribution in [3.8, 4) is 0 Å². The first-order valence-electron chi connectivity index (χ1n) is 6.77. The van der Waals surface area contributed by atoms with Crippen LogP contribution in [0.3, 0.4) is 0 Å². The number of hydrogen-bond donors (Lipinski definition) is 0. The van der Waals surface area contributed by atoms with E-state index in [-0.39, 0.29) is 5.91 Å². The van der Waals surface area contributed by atoms with Crippen LogP contribution < -0.4 is 0 Å². The number of rotatable bonds is 2. The highest BCUT2D eigenvalue weighted by atomic mass is 16.2. The smallest absolute Gasteiger partial charge is 0.246 e. The molecule has 1 aliphatic rings. The number of carbonyl (C=O) groups is 1. The minimum atomic E-state index is 0.0660. The van der Waals surface area contributed by atoms with E-state index in [9.17, 15) is 4.79 Å². The molecule has 3 heteroatoms. The van der Waals surface area contributed by atoms with Gasteiger partial charge in [-0.3, -0.25) is 9.78 Å². The Morgan fingerprint density at radius 3 is 2.65 bits per heavy atom. The van der Waals surface area contributed by atoms with Crippen molar-refractivity contribution in [1.29, 1.82) is 0 Å². The molecule has 0 unspecified atom stereocenters. The first kappa shape index (κ1) is 12.6. The Bertz CT molecular complexity index is 634. The summed E-state index contributed by atoms with van der Waals surface area (Å²) in [4.78, 5) is 18.1. The normalized spacial score (nSPS) is 14.3. The standard InChI is InChI=1S/C17H16N2O/c20-17(6-5-14-7-10-18-11-8-14)19-12-9-15-3-1-2-4-16(15)13-19/h1-8,10-11H,9,12-13H2. The quantitative estimate of drug-likeness (QED) is 0.781. The molecule has 0 saturated heterocycles. The van der Waals surface area contributed by atoms with E-state index in [0.29, 0.717) is 6.54 Å². The molecular weight excluding hydrogens is 248 g/mol. The molecule has 0 fully saturated rings. The number of hydrogen-bond acceptors (Lipinski definition) is 2. The summed E-state index contributed by atoms with van der Waals surface area (Å²) in [6.07, 6.45) is 7.86. The van der Waals surface area contributed by atoms with Gasteiger partial charge in [-0.05, 0) is 41.3 Å². The van der Waals surface area contributed by atoms with Crippen molar-refractivity contribution in [3.63, 3.8) is 0 Å². The van der Waals surface area contributed by atoms with E-state index < -0.39 is 0 Å². The SMILES string of the molecule is O=C(C=Cc1ccncc1)N1CCc2ccccc2C1. The second-order valence-electron chi connectivity index (χ2n) is 4.89. The monoisotopic (exact) mass is 264 g/mol. The molecule has 1 aromatic heterocycles. The van der Waals surface area contributed by atoms with Gasteiger partial charge in [-0.15, -0.1) is 0 Å². The number of benzene rings is 1. The fraction of sp³-hybridized carbons (Fsp3) is 0.176. The van der Waals surface area contributed by atoms with E-state index in [1.54, 1.807) is 18.5 Å². The molecule has 2 heterocycles. The number of carbonyl (C=O) groups excluding carboxylic acids is 1. The second kappa shape index (κ2) is 5.70. The topological polar surface area (TPSA) is 33.2 Å². The van der Waals surface area contributed by atoms with Crippen LogP contribution in [-0.2, 0) is 17.8 Å². The molecule has 100 valence electrons. The lowest BCUT2D eigenvalue weighted by Crippen LogP contribution is -2.34. The van der Waals surface area contributed by atoms with Crippen LogP contribution in [-0.4, -0.2) is 22.3 Å². The van der Waals surface area contributed by atoms with Crippen molar-refractivity contribution in [2.24, 2.45) is 0 Å². The largest absolute Gasteiger partial charge is 0.334 e. The maximum absolute atomic E-state index is 12.2. The van der Waals surface area contributed by atoms with Gasteiger partial charge in [0.15, 0.2) is 0 Å². The van der Waals surface area contributed by atoms with Gasteiger partial charge >= 0.3 is 0 Å². The van der Waals surface area contributed by atoms with Gasteiger partial charge in [0.2, 0.25) is 5.91 Å². The van der Waals surface area contributed by atoms with Crippen molar-refractivity contribution in [2.75, 3.05) is 6.54 Å².